The zero-order chi connectivity index (χ0) is 14.3. The third kappa shape index (κ3) is 5.65. The van der Waals surface area contributed by atoms with Gasteiger partial charge in [0.15, 0.2) is 0 Å². The first-order valence-corrected chi connectivity index (χ1v) is 6.35. The molecule has 0 aliphatic heterocycles. The molecule has 106 valence electrons. The Bertz CT molecular complexity index is 421. The number of hydrogen-bond acceptors (Lipinski definition) is 6. The van der Waals surface area contributed by atoms with Crippen LogP contribution in [0.5, 0.6) is 0 Å². The number of carbonyl (C=O) groups is 1. The molecular formula is C13H22N4O2. The third-order valence-corrected chi connectivity index (χ3v) is 2.56. The number of nitrogens with one attached hydrogen (secondary N) is 1. The lowest BCUT2D eigenvalue weighted by atomic mass is 10.3. The van der Waals surface area contributed by atoms with E-state index >= 15 is 0 Å². The number of anilines is 1. The Morgan fingerprint density at radius 1 is 1.37 bits per heavy atom. The second-order valence-electron chi connectivity index (χ2n) is 4.65. The number of esters is 1. The van der Waals surface area contributed by atoms with Crippen molar-refractivity contribution >= 4 is 11.8 Å². The molecule has 19 heavy (non-hydrogen) atoms. The second-order valence-corrected chi connectivity index (χ2v) is 4.65. The molecule has 0 bridgehead atoms. The fourth-order valence-corrected chi connectivity index (χ4v) is 1.61. The summed E-state index contributed by atoms with van der Waals surface area (Å²) in [5, 5.41) is 3.20. The van der Waals surface area contributed by atoms with Crippen LogP contribution in [0.4, 0.5) is 5.82 Å². The van der Waals surface area contributed by atoms with Gasteiger partial charge in [0.05, 0.1) is 7.11 Å². The van der Waals surface area contributed by atoms with Crippen LogP contribution in [-0.2, 0) is 4.74 Å². The molecule has 0 fully saturated rings. The molecular weight excluding hydrogens is 244 g/mol. The van der Waals surface area contributed by atoms with Crippen molar-refractivity contribution < 1.29 is 9.53 Å². The lowest BCUT2D eigenvalue weighted by molar-refractivity contribution is 0.0586. The summed E-state index contributed by atoms with van der Waals surface area (Å²) in [5.74, 6) is 0.246. The average Bonchev–Trinajstić information content (AvgIpc) is 2.36. The topological polar surface area (TPSA) is 67.3 Å². The SMILES string of the molecule is COC(=O)c1nc(C)cc(NCCCCN(C)C)n1. The normalized spacial score (nSPS) is 10.6. The molecule has 0 aromatic carbocycles. The molecule has 1 rings (SSSR count). The van der Waals surface area contributed by atoms with Gasteiger partial charge in [-0.1, -0.05) is 0 Å². The maximum Gasteiger partial charge on any atom is 0.376 e. The lowest BCUT2D eigenvalue weighted by Gasteiger charge is -2.10. The van der Waals surface area contributed by atoms with E-state index in [0.717, 1.165) is 31.6 Å². The number of rotatable bonds is 7. The number of aromatic nitrogens is 2. The fourth-order valence-electron chi connectivity index (χ4n) is 1.61. The summed E-state index contributed by atoms with van der Waals surface area (Å²) in [6.07, 6.45) is 2.17. The quantitative estimate of drug-likeness (QED) is 0.593. The zero-order valence-electron chi connectivity index (χ0n) is 12.1. The highest BCUT2D eigenvalue weighted by atomic mass is 16.5. The highest BCUT2D eigenvalue weighted by Crippen LogP contribution is 2.07. The van der Waals surface area contributed by atoms with Gasteiger partial charge in [-0.3, -0.25) is 0 Å². The van der Waals surface area contributed by atoms with Crippen LogP contribution in [0.1, 0.15) is 29.2 Å². The number of hydrogen-bond donors (Lipinski definition) is 1. The molecule has 0 radical (unpaired) electrons. The van der Waals surface area contributed by atoms with Gasteiger partial charge in [-0.2, -0.15) is 0 Å². The van der Waals surface area contributed by atoms with E-state index in [9.17, 15) is 4.79 Å². The van der Waals surface area contributed by atoms with Crippen molar-refractivity contribution in [2.45, 2.75) is 19.8 Å². The number of nitrogens with zero attached hydrogens (tertiary/aromatic N) is 3. The van der Waals surface area contributed by atoms with Crippen molar-refractivity contribution in [1.29, 1.82) is 0 Å². The first-order chi connectivity index (χ1) is 9.02. The average molecular weight is 266 g/mol. The Kier molecular flexibility index (Phi) is 6.21. The van der Waals surface area contributed by atoms with E-state index in [4.69, 9.17) is 0 Å². The maximum absolute atomic E-state index is 11.4. The van der Waals surface area contributed by atoms with Gasteiger partial charge in [0, 0.05) is 18.3 Å². The summed E-state index contributed by atoms with van der Waals surface area (Å²) >= 11 is 0. The van der Waals surface area contributed by atoms with Crippen molar-refractivity contribution in [2.24, 2.45) is 0 Å². The van der Waals surface area contributed by atoms with Crippen molar-refractivity contribution in [2.75, 3.05) is 39.6 Å². The molecule has 0 aliphatic rings. The highest BCUT2D eigenvalue weighted by molar-refractivity contribution is 5.85. The Morgan fingerprint density at radius 2 is 2.11 bits per heavy atom. The van der Waals surface area contributed by atoms with Crippen LogP contribution < -0.4 is 5.32 Å². The Balaban J connectivity index is 2.49. The smallest absolute Gasteiger partial charge is 0.376 e. The number of methoxy groups -OCH3 is 1. The van der Waals surface area contributed by atoms with Gasteiger partial charge in [0.2, 0.25) is 5.82 Å². The first kappa shape index (κ1) is 15.4. The highest BCUT2D eigenvalue weighted by Gasteiger charge is 2.11. The molecule has 6 heteroatoms. The van der Waals surface area contributed by atoms with E-state index in [0.29, 0.717) is 5.82 Å². The molecule has 0 unspecified atom stereocenters. The molecule has 1 heterocycles. The van der Waals surface area contributed by atoms with Crippen LogP contribution in [0.15, 0.2) is 6.07 Å². The van der Waals surface area contributed by atoms with Crippen LogP contribution in [0.3, 0.4) is 0 Å². The van der Waals surface area contributed by atoms with Gasteiger partial charge in [-0.05, 0) is 40.4 Å². The van der Waals surface area contributed by atoms with Gasteiger partial charge in [-0.25, -0.2) is 14.8 Å². The minimum absolute atomic E-state index is 0.0956. The summed E-state index contributed by atoms with van der Waals surface area (Å²) in [7, 11) is 5.44. The van der Waals surface area contributed by atoms with Gasteiger partial charge < -0.3 is 15.0 Å². The summed E-state index contributed by atoms with van der Waals surface area (Å²) in [5.41, 5.74) is 0.742. The number of ether oxygens (including phenoxy) is 1. The maximum atomic E-state index is 11.4. The number of carbonyl (C=O) groups excluding carboxylic acids is 1. The lowest BCUT2D eigenvalue weighted by Crippen LogP contribution is -2.15. The number of aryl methyl sites for hydroxylation is 1. The molecule has 0 aliphatic carbocycles. The molecule has 0 amide bonds. The Morgan fingerprint density at radius 3 is 2.74 bits per heavy atom. The van der Waals surface area contributed by atoms with Gasteiger partial charge in [-0.15, -0.1) is 0 Å². The van der Waals surface area contributed by atoms with Crippen LogP contribution in [0, 0.1) is 6.92 Å². The van der Waals surface area contributed by atoms with Crippen molar-refractivity contribution in [3.8, 4) is 0 Å². The molecule has 0 saturated carbocycles. The van der Waals surface area contributed by atoms with Crippen LogP contribution >= 0.6 is 0 Å². The van der Waals surface area contributed by atoms with E-state index in [1.54, 1.807) is 0 Å². The molecule has 1 aromatic heterocycles. The van der Waals surface area contributed by atoms with Gasteiger partial charge in [0.1, 0.15) is 5.82 Å². The van der Waals surface area contributed by atoms with Crippen LogP contribution in [0.25, 0.3) is 0 Å². The summed E-state index contributed by atoms with van der Waals surface area (Å²) in [6, 6.07) is 1.82. The molecule has 6 nitrogen and oxygen atoms in total. The molecule has 0 spiro atoms. The molecule has 1 aromatic rings. The van der Waals surface area contributed by atoms with Crippen molar-refractivity contribution in [3.05, 3.63) is 17.6 Å². The third-order valence-electron chi connectivity index (χ3n) is 2.56. The minimum Gasteiger partial charge on any atom is -0.463 e. The summed E-state index contributed by atoms with van der Waals surface area (Å²) in [4.78, 5) is 21.7. The second kappa shape index (κ2) is 7.68. The largest absolute Gasteiger partial charge is 0.463 e. The summed E-state index contributed by atoms with van der Waals surface area (Å²) < 4.78 is 4.62. The van der Waals surface area contributed by atoms with Crippen LogP contribution in [0.2, 0.25) is 0 Å². The van der Waals surface area contributed by atoms with E-state index in [1.165, 1.54) is 7.11 Å². The van der Waals surface area contributed by atoms with Crippen molar-refractivity contribution in [1.82, 2.24) is 14.9 Å². The molecule has 1 N–H and O–H groups in total. The molecule has 0 atom stereocenters. The predicted octanol–water partition coefficient (Wildman–Crippen LogP) is 1.33. The van der Waals surface area contributed by atoms with E-state index in [2.05, 4.69) is 39.0 Å². The number of unbranched alkanes of at least 4 members (excludes halogenated alkanes) is 1. The Labute approximate surface area is 114 Å². The molecule has 0 saturated heterocycles. The van der Waals surface area contributed by atoms with Gasteiger partial charge >= 0.3 is 5.97 Å². The van der Waals surface area contributed by atoms with E-state index < -0.39 is 5.97 Å². The van der Waals surface area contributed by atoms with E-state index in [1.807, 2.05) is 13.0 Å². The standard InChI is InChI=1S/C13H22N4O2/c1-10-9-11(14-7-5-6-8-17(2)3)16-12(15-10)13(18)19-4/h9H,5-8H2,1-4H3,(H,14,15,16). The van der Waals surface area contributed by atoms with Gasteiger partial charge in [0.25, 0.3) is 0 Å². The van der Waals surface area contributed by atoms with E-state index in [-0.39, 0.29) is 5.82 Å². The monoisotopic (exact) mass is 266 g/mol. The summed E-state index contributed by atoms with van der Waals surface area (Å²) in [6.45, 7) is 3.72. The Hall–Kier alpha value is -1.69. The fraction of sp³-hybridized carbons (Fsp3) is 0.615. The minimum atomic E-state index is -0.514. The van der Waals surface area contributed by atoms with Crippen molar-refractivity contribution in [3.63, 3.8) is 0 Å². The predicted molar refractivity (Wildman–Crippen MR) is 74.4 cm³/mol. The zero-order valence-corrected chi connectivity index (χ0v) is 12.1. The first-order valence-electron chi connectivity index (χ1n) is 6.35. The van der Waals surface area contributed by atoms with Crippen LogP contribution in [-0.4, -0.2) is 55.1 Å².